The molecule has 5 nitrogen and oxygen atoms in total. The molecule has 0 saturated carbocycles. The van der Waals surface area contributed by atoms with E-state index >= 15 is 0 Å². The summed E-state index contributed by atoms with van der Waals surface area (Å²) >= 11 is 5.19. The van der Waals surface area contributed by atoms with E-state index in [-0.39, 0.29) is 11.6 Å². The summed E-state index contributed by atoms with van der Waals surface area (Å²) in [6, 6.07) is 3.78. The SMILES string of the molecule is CCn1cccc(-c2n[nH]c(=S)n2C(C)C)c1=O. The van der Waals surface area contributed by atoms with Crippen LogP contribution < -0.4 is 5.56 Å². The average molecular weight is 264 g/mol. The topological polar surface area (TPSA) is 55.6 Å². The molecular formula is C12H16N4OS. The summed E-state index contributed by atoms with van der Waals surface area (Å²) in [4.78, 5) is 12.2. The average Bonchev–Trinajstić information content (AvgIpc) is 2.71. The summed E-state index contributed by atoms with van der Waals surface area (Å²) in [6.07, 6.45) is 1.77. The van der Waals surface area contributed by atoms with Gasteiger partial charge in [0.15, 0.2) is 10.6 Å². The number of rotatable bonds is 3. The number of nitrogens with zero attached hydrogens (tertiary/aromatic N) is 3. The second kappa shape index (κ2) is 4.89. The van der Waals surface area contributed by atoms with Gasteiger partial charge in [-0.3, -0.25) is 14.5 Å². The summed E-state index contributed by atoms with van der Waals surface area (Å²) in [5.74, 6) is 0.600. The maximum Gasteiger partial charge on any atom is 0.261 e. The third kappa shape index (κ3) is 2.03. The zero-order chi connectivity index (χ0) is 13.3. The fourth-order valence-electron chi connectivity index (χ4n) is 1.93. The van der Waals surface area contributed by atoms with Crippen molar-refractivity contribution in [2.24, 2.45) is 0 Å². The Kier molecular flexibility index (Phi) is 3.47. The van der Waals surface area contributed by atoms with Crippen LogP contribution in [0.25, 0.3) is 11.4 Å². The zero-order valence-corrected chi connectivity index (χ0v) is 11.5. The number of aromatic amines is 1. The van der Waals surface area contributed by atoms with E-state index in [4.69, 9.17) is 12.2 Å². The molecule has 0 aromatic carbocycles. The first-order valence-corrected chi connectivity index (χ1v) is 6.33. The van der Waals surface area contributed by atoms with Gasteiger partial charge in [0.05, 0.1) is 5.56 Å². The van der Waals surface area contributed by atoms with Gasteiger partial charge in [-0.2, -0.15) is 5.10 Å². The maximum atomic E-state index is 12.2. The summed E-state index contributed by atoms with van der Waals surface area (Å²) in [5, 5.41) is 6.93. The van der Waals surface area contributed by atoms with Crippen molar-refractivity contribution in [1.82, 2.24) is 19.3 Å². The quantitative estimate of drug-likeness (QED) is 0.866. The lowest BCUT2D eigenvalue weighted by Gasteiger charge is -2.10. The summed E-state index contributed by atoms with van der Waals surface area (Å²) in [5.41, 5.74) is 0.524. The smallest absolute Gasteiger partial charge is 0.261 e. The van der Waals surface area contributed by atoms with Gasteiger partial charge in [-0.15, -0.1) is 0 Å². The van der Waals surface area contributed by atoms with Crippen molar-refractivity contribution in [2.75, 3.05) is 0 Å². The number of aryl methyl sites for hydroxylation is 1. The Bertz CT molecular complexity index is 665. The molecule has 0 radical (unpaired) electrons. The molecule has 0 aliphatic rings. The fourth-order valence-corrected chi connectivity index (χ4v) is 2.27. The molecule has 2 aromatic rings. The van der Waals surface area contributed by atoms with Gasteiger partial charge in [-0.05, 0) is 45.1 Å². The number of pyridine rings is 1. The lowest BCUT2D eigenvalue weighted by molar-refractivity contribution is 0.595. The Morgan fingerprint density at radius 2 is 2.22 bits per heavy atom. The van der Waals surface area contributed by atoms with E-state index in [1.165, 1.54) is 0 Å². The monoisotopic (exact) mass is 264 g/mol. The van der Waals surface area contributed by atoms with Crippen LogP contribution in [0.1, 0.15) is 26.8 Å². The van der Waals surface area contributed by atoms with Gasteiger partial charge in [0.25, 0.3) is 5.56 Å². The first kappa shape index (κ1) is 12.8. The van der Waals surface area contributed by atoms with Crippen LogP contribution in [0.15, 0.2) is 23.1 Å². The van der Waals surface area contributed by atoms with Gasteiger partial charge in [0.2, 0.25) is 0 Å². The highest BCUT2D eigenvalue weighted by Gasteiger charge is 2.14. The summed E-state index contributed by atoms with van der Waals surface area (Å²) in [7, 11) is 0. The van der Waals surface area contributed by atoms with Gasteiger partial charge >= 0.3 is 0 Å². The van der Waals surface area contributed by atoms with Crippen molar-refractivity contribution in [3.8, 4) is 11.4 Å². The van der Waals surface area contributed by atoms with E-state index in [9.17, 15) is 4.79 Å². The Morgan fingerprint density at radius 1 is 1.50 bits per heavy atom. The first-order valence-electron chi connectivity index (χ1n) is 5.93. The highest BCUT2D eigenvalue weighted by atomic mass is 32.1. The Morgan fingerprint density at radius 3 is 2.83 bits per heavy atom. The minimum atomic E-state index is -0.0455. The molecule has 0 aliphatic carbocycles. The first-order chi connectivity index (χ1) is 8.56. The zero-order valence-electron chi connectivity index (χ0n) is 10.7. The molecule has 2 heterocycles. The molecule has 0 fully saturated rings. The number of hydrogen-bond donors (Lipinski definition) is 1. The van der Waals surface area contributed by atoms with E-state index in [0.29, 0.717) is 22.7 Å². The molecule has 2 aromatic heterocycles. The van der Waals surface area contributed by atoms with Gasteiger partial charge in [0.1, 0.15) is 0 Å². The van der Waals surface area contributed by atoms with E-state index < -0.39 is 0 Å². The number of hydrogen-bond acceptors (Lipinski definition) is 3. The van der Waals surface area contributed by atoms with Crippen molar-refractivity contribution < 1.29 is 0 Å². The summed E-state index contributed by atoms with van der Waals surface area (Å²) < 4.78 is 4.04. The standard InChI is InChI=1S/C12H16N4OS/c1-4-15-7-5-6-9(11(15)17)10-13-14-12(18)16(10)8(2)3/h5-8H,4H2,1-3H3,(H,14,18). The second-order valence-corrected chi connectivity index (χ2v) is 4.72. The molecule has 0 atom stereocenters. The normalized spacial score (nSPS) is 11.1. The fraction of sp³-hybridized carbons (Fsp3) is 0.417. The van der Waals surface area contributed by atoms with E-state index in [1.807, 2.05) is 31.4 Å². The number of aromatic nitrogens is 4. The van der Waals surface area contributed by atoms with Crippen molar-refractivity contribution >= 4 is 12.2 Å². The van der Waals surface area contributed by atoms with Crippen LogP contribution in [-0.2, 0) is 6.54 Å². The lowest BCUT2D eigenvalue weighted by Crippen LogP contribution is -2.21. The third-order valence-electron chi connectivity index (χ3n) is 2.82. The van der Waals surface area contributed by atoms with Crippen LogP contribution in [0.2, 0.25) is 0 Å². The highest BCUT2D eigenvalue weighted by Crippen LogP contribution is 2.17. The van der Waals surface area contributed by atoms with Crippen molar-refractivity contribution in [3.05, 3.63) is 33.5 Å². The van der Waals surface area contributed by atoms with Crippen LogP contribution in [-0.4, -0.2) is 19.3 Å². The van der Waals surface area contributed by atoms with Crippen LogP contribution in [0.5, 0.6) is 0 Å². The number of nitrogens with one attached hydrogen (secondary N) is 1. The number of H-pyrrole nitrogens is 1. The van der Waals surface area contributed by atoms with Crippen LogP contribution in [0, 0.1) is 4.77 Å². The Hall–Kier alpha value is -1.69. The Labute approximate surface area is 110 Å². The van der Waals surface area contributed by atoms with E-state index in [2.05, 4.69) is 10.2 Å². The van der Waals surface area contributed by atoms with Crippen LogP contribution in [0.4, 0.5) is 0 Å². The Balaban J connectivity index is 2.71. The molecule has 6 heteroatoms. The summed E-state index contributed by atoms with van der Waals surface area (Å²) in [6.45, 7) is 6.59. The molecule has 0 unspecified atom stereocenters. The molecule has 0 spiro atoms. The molecule has 0 saturated heterocycles. The molecule has 0 amide bonds. The predicted octanol–water partition coefficient (Wildman–Crippen LogP) is 2.37. The molecule has 1 N–H and O–H groups in total. The van der Waals surface area contributed by atoms with Crippen molar-refractivity contribution in [1.29, 1.82) is 0 Å². The highest BCUT2D eigenvalue weighted by molar-refractivity contribution is 7.71. The molecule has 18 heavy (non-hydrogen) atoms. The van der Waals surface area contributed by atoms with Gasteiger partial charge < -0.3 is 4.57 Å². The van der Waals surface area contributed by atoms with E-state index in [1.54, 1.807) is 16.8 Å². The predicted molar refractivity (Wildman–Crippen MR) is 73.2 cm³/mol. The van der Waals surface area contributed by atoms with Gasteiger partial charge in [-0.1, -0.05) is 0 Å². The second-order valence-electron chi connectivity index (χ2n) is 4.33. The molecule has 0 bridgehead atoms. The lowest BCUT2D eigenvalue weighted by atomic mass is 10.2. The molecular weight excluding hydrogens is 248 g/mol. The molecule has 2 rings (SSSR count). The minimum absolute atomic E-state index is 0.0455. The van der Waals surface area contributed by atoms with Gasteiger partial charge in [-0.25, -0.2) is 0 Å². The van der Waals surface area contributed by atoms with Crippen LogP contribution >= 0.6 is 12.2 Å². The molecule has 0 aliphatic heterocycles. The maximum absolute atomic E-state index is 12.2. The minimum Gasteiger partial charge on any atom is -0.315 e. The van der Waals surface area contributed by atoms with Gasteiger partial charge in [0, 0.05) is 18.8 Å². The van der Waals surface area contributed by atoms with Crippen molar-refractivity contribution in [2.45, 2.75) is 33.4 Å². The molecule has 96 valence electrons. The van der Waals surface area contributed by atoms with Crippen LogP contribution in [0.3, 0.4) is 0 Å². The van der Waals surface area contributed by atoms with E-state index in [0.717, 1.165) is 0 Å². The largest absolute Gasteiger partial charge is 0.315 e. The third-order valence-corrected chi connectivity index (χ3v) is 3.11. The van der Waals surface area contributed by atoms with Crippen molar-refractivity contribution in [3.63, 3.8) is 0 Å².